The summed E-state index contributed by atoms with van der Waals surface area (Å²) >= 11 is 0. The maximum atomic E-state index is 9.05. The fourth-order valence-corrected chi connectivity index (χ4v) is 2.91. The summed E-state index contributed by atoms with van der Waals surface area (Å²) in [4.78, 5) is 2.54. The Morgan fingerprint density at radius 3 is 3.00 bits per heavy atom. The van der Waals surface area contributed by atoms with Gasteiger partial charge in [-0.05, 0) is 44.2 Å². The van der Waals surface area contributed by atoms with E-state index < -0.39 is 0 Å². The van der Waals surface area contributed by atoms with Gasteiger partial charge < -0.3 is 15.7 Å². The molecule has 0 saturated carbocycles. The summed E-state index contributed by atoms with van der Waals surface area (Å²) in [5, 5.41) is 9.05. The van der Waals surface area contributed by atoms with E-state index in [1.54, 1.807) is 0 Å². The maximum Gasteiger partial charge on any atom is 0.0585 e. The van der Waals surface area contributed by atoms with E-state index in [0.717, 1.165) is 5.92 Å². The van der Waals surface area contributed by atoms with Crippen molar-refractivity contribution in [3.05, 3.63) is 0 Å². The second-order valence-electron chi connectivity index (χ2n) is 4.50. The topological polar surface area (TPSA) is 49.5 Å². The van der Waals surface area contributed by atoms with Crippen LogP contribution in [0.4, 0.5) is 0 Å². The van der Waals surface area contributed by atoms with Crippen LogP contribution in [0.5, 0.6) is 0 Å². The van der Waals surface area contributed by atoms with Crippen molar-refractivity contribution in [3.8, 4) is 0 Å². The highest BCUT2D eigenvalue weighted by Gasteiger charge is 2.34. The summed E-state index contributed by atoms with van der Waals surface area (Å²) in [5.41, 5.74) is 5.91. The van der Waals surface area contributed by atoms with E-state index in [-0.39, 0.29) is 12.6 Å². The number of hydrogen-bond acceptors (Lipinski definition) is 3. The molecule has 2 aliphatic heterocycles. The highest BCUT2D eigenvalue weighted by Crippen LogP contribution is 2.32. The van der Waals surface area contributed by atoms with Crippen LogP contribution >= 0.6 is 0 Å². The largest absolute Gasteiger partial charge is 0.395 e. The summed E-state index contributed by atoms with van der Waals surface area (Å²) in [7, 11) is 0. The number of nitrogens with zero attached hydrogens (tertiary/aromatic N) is 1. The van der Waals surface area contributed by atoms with Gasteiger partial charge in [0.25, 0.3) is 0 Å². The number of hydrogen-bond donors (Lipinski definition) is 2. The lowest BCUT2D eigenvalue weighted by molar-refractivity contribution is 0.0493. The number of fused-ring (bicyclic) bond motifs is 2. The molecular weight excluding hydrogens is 164 g/mol. The number of aliphatic hydroxyl groups is 1. The van der Waals surface area contributed by atoms with Crippen molar-refractivity contribution < 1.29 is 5.11 Å². The fourth-order valence-electron chi connectivity index (χ4n) is 2.91. The Bertz CT molecular complexity index is 174. The number of aliphatic hydroxyl groups excluding tert-OH is 1. The van der Waals surface area contributed by atoms with Crippen molar-refractivity contribution in [2.24, 2.45) is 17.6 Å². The third-order valence-electron chi connectivity index (χ3n) is 3.69. The van der Waals surface area contributed by atoms with Crippen LogP contribution in [0.1, 0.15) is 19.3 Å². The molecule has 2 fully saturated rings. The molecule has 4 unspecified atom stereocenters. The van der Waals surface area contributed by atoms with Crippen LogP contribution < -0.4 is 5.73 Å². The minimum atomic E-state index is 0.0187. The van der Waals surface area contributed by atoms with Gasteiger partial charge in [0.1, 0.15) is 0 Å². The van der Waals surface area contributed by atoms with Crippen molar-refractivity contribution in [3.63, 3.8) is 0 Å². The van der Waals surface area contributed by atoms with Gasteiger partial charge in [0.15, 0.2) is 0 Å². The van der Waals surface area contributed by atoms with Gasteiger partial charge in [-0.1, -0.05) is 0 Å². The first-order valence-electron chi connectivity index (χ1n) is 5.40. The monoisotopic (exact) mass is 184 g/mol. The molecular formula is C10H20N2O. The molecule has 3 nitrogen and oxygen atoms in total. The average Bonchev–Trinajstić information content (AvgIpc) is 2.18. The normalized spacial score (nSPS) is 41.5. The predicted molar refractivity (Wildman–Crippen MR) is 52.3 cm³/mol. The molecule has 2 aliphatic rings. The van der Waals surface area contributed by atoms with Gasteiger partial charge in [0, 0.05) is 12.6 Å². The average molecular weight is 184 g/mol. The lowest BCUT2D eigenvalue weighted by atomic mass is 9.76. The first-order chi connectivity index (χ1) is 6.31. The van der Waals surface area contributed by atoms with Crippen LogP contribution in [0.15, 0.2) is 0 Å². The molecule has 4 atom stereocenters. The number of nitrogens with two attached hydrogens (primary N) is 1. The summed E-state index contributed by atoms with van der Waals surface area (Å²) in [6, 6.07) is 0.0187. The second kappa shape index (κ2) is 3.95. The lowest BCUT2D eigenvalue weighted by Crippen LogP contribution is -2.50. The molecule has 0 amide bonds. The molecule has 0 aromatic carbocycles. The fraction of sp³-hybridized carbons (Fsp3) is 1.00. The second-order valence-corrected chi connectivity index (χ2v) is 4.50. The minimum absolute atomic E-state index is 0.0187. The predicted octanol–water partition coefficient (Wildman–Crippen LogP) is 0.0379. The van der Waals surface area contributed by atoms with E-state index in [9.17, 15) is 0 Å². The molecule has 3 heteroatoms. The Hall–Kier alpha value is -0.120. The Morgan fingerprint density at radius 1 is 1.38 bits per heavy atom. The first-order valence-corrected chi connectivity index (χ1v) is 5.40. The standard InChI is InChI=1S/C10H20N2O/c11-10(7-13)9-3-5-12-4-1-2-8(9)6-12/h8-10,13H,1-7,11H2. The summed E-state index contributed by atoms with van der Waals surface area (Å²) < 4.78 is 0. The van der Waals surface area contributed by atoms with Crippen molar-refractivity contribution in [2.45, 2.75) is 25.3 Å². The van der Waals surface area contributed by atoms with Gasteiger partial charge in [-0.2, -0.15) is 0 Å². The summed E-state index contributed by atoms with van der Waals surface area (Å²) in [5.74, 6) is 1.33. The van der Waals surface area contributed by atoms with Crippen molar-refractivity contribution in [2.75, 3.05) is 26.2 Å². The van der Waals surface area contributed by atoms with Crippen LogP contribution in [-0.2, 0) is 0 Å². The zero-order chi connectivity index (χ0) is 9.26. The van der Waals surface area contributed by atoms with E-state index in [0.29, 0.717) is 5.92 Å². The van der Waals surface area contributed by atoms with E-state index in [2.05, 4.69) is 4.90 Å². The lowest BCUT2D eigenvalue weighted by Gasteiger charge is -2.44. The van der Waals surface area contributed by atoms with Crippen molar-refractivity contribution >= 4 is 0 Å². The highest BCUT2D eigenvalue weighted by atomic mass is 16.3. The minimum Gasteiger partial charge on any atom is -0.395 e. The van der Waals surface area contributed by atoms with Gasteiger partial charge in [-0.3, -0.25) is 0 Å². The summed E-state index contributed by atoms with van der Waals surface area (Å²) in [6.07, 6.45) is 3.82. The van der Waals surface area contributed by atoms with E-state index in [1.807, 2.05) is 0 Å². The van der Waals surface area contributed by atoms with Crippen LogP contribution in [0.3, 0.4) is 0 Å². The zero-order valence-corrected chi connectivity index (χ0v) is 8.15. The smallest absolute Gasteiger partial charge is 0.0585 e. The van der Waals surface area contributed by atoms with Crippen molar-refractivity contribution in [1.82, 2.24) is 4.90 Å². The molecule has 2 rings (SSSR count). The molecule has 0 radical (unpaired) electrons. The number of piperidine rings is 2. The number of rotatable bonds is 2. The molecule has 13 heavy (non-hydrogen) atoms. The van der Waals surface area contributed by atoms with Gasteiger partial charge in [-0.25, -0.2) is 0 Å². The van der Waals surface area contributed by atoms with Gasteiger partial charge in [-0.15, -0.1) is 0 Å². The zero-order valence-electron chi connectivity index (χ0n) is 8.15. The van der Waals surface area contributed by atoms with E-state index in [4.69, 9.17) is 10.8 Å². The molecule has 0 spiro atoms. The SMILES string of the molecule is NC(CO)C1CCN2CCCC1C2. The third-order valence-corrected chi connectivity index (χ3v) is 3.69. The molecule has 2 heterocycles. The third kappa shape index (κ3) is 1.87. The Balaban J connectivity index is 1.97. The first kappa shape index (κ1) is 9.44. The van der Waals surface area contributed by atoms with Crippen LogP contribution in [0.25, 0.3) is 0 Å². The van der Waals surface area contributed by atoms with Gasteiger partial charge >= 0.3 is 0 Å². The Labute approximate surface area is 79.9 Å². The quantitative estimate of drug-likeness (QED) is 0.637. The van der Waals surface area contributed by atoms with Gasteiger partial charge in [0.05, 0.1) is 6.61 Å². The molecule has 3 N–H and O–H groups in total. The summed E-state index contributed by atoms with van der Waals surface area (Å²) in [6.45, 7) is 3.84. The highest BCUT2D eigenvalue weighted by molar-refractivity contribution is 4.88. The van der Waals surface area contributed by atoms with Crippen LogP contribution in [-0.4, -0.2) is 42.3 Å². The maximum absolute atomic E-state index is 9.05. The van der Waals surface area contributed by atoms with E-state index in [1.165, 1.54) is 38.9 Å². The molecule has 76 valence electrons. The van der Waals surface area contributed by atoms with Gasteiger partial charge in [0.2, 0.25) is 0 Å². The Kier molecular flexibility index (Phi) is 2.86. The molecule has 0 aromatic heterocycles. The molecule has 2 saturated heterocycles. The van der Waals surface area contributed by atoms with E-state index >= 15 is 0 Å². The van der Waals surface area contributed by atoms with Crippen molar-refractivity contribution in [1.29, 1.82) is 0 Å². The molecule has 2 bridgehead atoms. The molecule has 0 aliphatic carbocycles. The molecule has 0 aromatic rings. The van der Waals surface area contributed by atoms with Crippen LogP contribution in [0.2, 0.25) is 0 Å². The Morgan fingerprint density at radius 2 is 2.23 bits per heavy atom. The van der Waals surface area contributed by atoms with Crippen LogP contribution in [0, 0.1) is 11.8 Å².